The first-order chi connectivity index (χ1) is 15.5. The Bertz CT molecular complexity index is 981. The Kier molecular flexibility index (Phi) is 7.38. The smallest absolute Gasteiger partial charge is 0.255 e. The van der Waals surface area contributed by atoms with E-state index in [1.807, 2.05) is 13.0 Å². The molecule has 2 N–H and O–H groups in total. The number of benzene rings is 1. The number of likely N-dealkylation sites (tertiary alicyclic amines) is 1. The van der Waals surface area contributed by atoms with Crippen LogP contribution in [0.2, 0.25) is 10.0 Å². The van der Waals surface area contributed by atoms with Crippen LogP contribution in [0.1, 0.15) is 61.0 Å². The predicted octanol–water partition coefficient (Wildman–Crippen LogP) is 3.78. The van der Waals surface area contributed by atoms with Crippen molar-refractivity contribution in [3.8, 4) is 5.69 Å². The van der Waals surface area contributed by atoms with Crippen LogP contribution in [0.3, 0.4) is 0 Å². The number of nitrogens with one attached hydrogen (secondary N) is 2. The molecule has 1 aromatic heterocycles. The molecule has 2 aromatic rings. The quantitative estimate of drug-likeness (QED) is 0.606. The largest absolute Gasteiger partial charge is 0.355 e. The first kappa shape index (κ1) is 23.1. The lowest BCUT2D eigenvalue weighted by Crippen LogP contribution is -2.47. The highest BCUT2D eigenvalue weighted by atomic mass is 35.5. The minimum atomic E-state index is -0.0950. The molecule has 0 atom stereocenters. The van der Waals surface area contributed by atoms with E-state index in [1.165, 1.54) is 0 Å². The highest BCUT2D eigenvalue weighted by Crippen LogP contribution is 2.43. The molecule has 172 valence electrons. The van der Waals surface area contributed by atoms with Gasteiger partial charge in [0.1, 0.15) is 0 Å². The van der Waals surface area contributed by atoms with E-state index in [-0.39, 0.29) is 17.9 Å². The molecule has 0 unspecified atom stereocenters. The minimum Gasteiger partial charge on any atom is -0.355 e. The Morgan fingerprint density at radius 3 is 2.56 bits per heavy atom. The number of aromatic nitrogens is 2. The predicted molar refractivity (Wildman–Crippen MR) is 126 cm³/mol. The molecule has 2 heterocycles. The standard InChI is InChI=1S/C23H29Cl2N5O2/c1-2-9-26-21(31)14-29-10-7-17(8-11-29)28-23(32)18-13-27-30(22(18)15-3-4-15)20-6-5-16(24)12-19(20)25/h5-6,12-13,15,17H,2-4,7-11,14H2,1H3,(H,26,31)(H,28,32). The van der Waals surface area contributed by atoms with Gasteiger partial charge in [-0.1, -0.05) is 30.1 Å². The van der Waals surface area contributed by atoms with Crippen LogP contribution < -0.4 is 10.6 Å². The first-order valence-corrected chi connectivity index (χ1v) is 12.0. The summed E-state index contributed by atoms with van der Waals surface area (Å²) in [5.41, 5.74) is 2.25. The molecule has 1 saturated heterocycles. The van der Waals surface area contributed by atoms with Gasteiger partial charge in [-0.3, -0.25) is 14.5 Å². The Labute approximate surface area is 198 Å². The first-order valence-electron chi connectivity index (χ1n) is 11.3. The third-order valence-electron chi connectivity index (χ3n) is 6.02. The van der Waals surface area contributed by atoms with Crippen LogP contribution in [0, 0.1) is 0 Å². The summed E-state index contributed by atoms with van der Waals surface area (Å²) in [6.45, 7) is 4.75. The van der Waals surface area contributed by atoms with Gasteiger partial charge in [-0.15, -0.1) is 0 Å². The molecule has 2 fully saturated rings. The maximum Gasteiger partial charge on any atom is 0.255 e. The number of rotatable bonds is 8. The second kappa shape index (κ2) is 10.2. The van der Waals surface area contributed by atoms with Crippen LogP contribution in [0.4, 0.5) is 0 Å². The van der Waals surface area contributed by atoms with Gasteiger partial charge < -0.3 is 10.6 Å². The maximum absolute atomic E-state index is 13.1. The van der Waals surface area contributed by atoms with E-state index < -0.39 is 0 Å². The number of halogens is 2. The molecular formula is C23H29Cl2N5O2. The Balaban J connectivity index is 1.39. The fourth-order valence-electron chi connectivity index (χ4n) is 4.15. The average molecular weight is 478 g/mol. The number of hydrogen-bond acceptors (Lipinski definition) is 4. The van der Waals surface area contributed by atoms with E-state index >= 15 is 0 Å². The summed E-state index contributed by atoms with van der Waals surface area (Å²) < 4.78 is 1.78. The van der Waals surface area contributed by atoms with Crippen molar-refractivity contribution >= 4 is 35.0 Å². The SMILES string of the molecule is CCCNC(=O)CN1CCC(NC(=O)c2cnn(-c3ccc(Cl)cc3Cl)c2C2CC2)CC1. The molecule has 1 aliphatic heterocycles. The van der Waals surface area contributed by atoms with Crippen LogP contribution in [-0.4, -0.2) is 58.7 Å². The van der Waals surface area contributed by atoms with E-state index in [1.54, 1.807) is 23.0 Å². The van der Waals surface area contributed by atoms with Crippen LogP contribution in [-0.2, 0) is 4.79 Å². The maximum atomic E-state index is 13.1. The number of nitrogens with zero attached hydrogens (tertiary/aromatic N) is 3. The Morgan fingerprint density at radius 2 is 1.91 bits per heavy atom. The molecule has 0 spiro atoms. The van der Waals surface area contributed by atoms with Crippen molar-refractivity contribution in [3.05, 3.63) is 45.7 Å². The molecule has 0 bridgehead atoms. The number of piperidine rings is 1. The van der Waals surface area contributed by atoms with Crippen molar-refractivity contribution < 1.29 is 9.59 Å². The Morgan fingerprint density at radius 1 is 1.16 bits per heavy atom. The summed E-state index contributed by atoms with van der Waals surface area (Å²) >= 11 is 12.4. The third-order valence-corrected chi connectivity index (χ3v) is 6.55. The monoisotopic (exact) mass is 477 g/mol. The van der Waals surface area contributed by atoms with Gasteiger partial charge in [-0.05, 0) is 50.3 Å². The van der Waals surface area contributed by atoms with E-state index in [9.17, 15) is 9.59 Å². The lowest BCUT2D eigenvalue weighted by atomic mass is 10.0. The summed E-state index contributed by atoms with van der Waals surface area (Å²) in [5.74, 6) is 0.285. The van der Waals surface area contributed by atoms with Crippen molar-refractivity contribution in [1.29, 1.82) is 0 Å². The molecule has 1 aromatic carbocycles. The summed E-state index contributed by atoms with van der Waals surface area (Å²) in [6.07, 6.45) is 6.29. The molecule has 2 amide bonds. The third kappa shape index (κ3) is 5.45. The molecular weight excluding hydrogens is 449 g/mol. The molecule has 0 radical (unpaired) electrons. The summed E-state index contributed by atoms with van der Waals surface area (Å²) in [7, 11) is 0. The van der Waals surface area contributed by atoms with E-state index in [0.717, 1.165) is 56.6 Å². The summed E-state index contributed by atoms with van der Waals surface area (Å²) in [6, 6.07) is 5.38. The molecule has 1 saturated carbocycles. The number of hydrogen-bond donors (Lipinski definition) is 2. The van der Waals surface area contributed by atoms with Crippen molar-refractivity contribution in [2.24, 2.45) is 0 Å². The van der Waals surface area contributed by atoms with E-state index in [2.05, 4.69) is 20.6 Å². The van der Waals surface area contributed by atoms with Crippen LogP contribution >= 0.6 is 23.2 Å². The lowest BCUT2D eigenvalue weighted by Gasteiger charge is -2.31. The van der Waals surface area contributed by atoms with Gasteiger partial charge in [0, 0.05) is 36.6 Å². The second-order valence-electron chi connectivity index (χ2n) is 8.60. The number of amides is 2. The second-order valence-corrected chi connectivity index (χ2v) is 9.44. The fourth-order valence-corrected chi connectivity index (χ4v) is 4.64. The highest BCUT2D eigenvalue weighted by Gasteiger charge is 2.34. The average Bonchev–Trinajstić information content (AvgIpc) is 3.52. The fraction of sp³-hybridized carbons (Fsp3) is 0.522. The number of carbonyl (C=O) groups is 2. The van der Waals surface area contributed by atoms with Gasteiger partial charge >= 0.3 is 0 Å². The summed E-state index contributed by atoms with van der Waals surface area (Å²) in [4.78, 5) is 27.2. The van der Waals surface area contributed by atoms with Gasteiger partial charge in [0.2, 0.25) is 5.91 Å². The van der Waals surface area contributed by atoms with E-state index in [4.69, 9.17) is 23.2 Å². The van der Waals surface area contributed by atoms with Crippen LogP contribution in [0.25, 0.3) is 5.69 Å². The molecule has 4 rings (SSSR count). The molecule has 9 heteroatoms. The van der Waals surface area contributed by atoms with Crippen LogP contribution in [0.15, 0.2) is 24.4 Å². The number of carbonyl (C=O) groups excluding carboxylic acids is 2. The van der Waals surface area contributed by atoms with Gasteiger partial charge in [-0.25, -0.2) is 4.68 Å². The van der Waals surface area contributed by atoms with E-state index in [0.29, 0.717) is 34.6 Å². The van der Waals surface area contributed by atoms with Gasteiger partial charge in [-0.2, -0.15) is 5.10 Å². The van der Waals surface area contributed by atoms with Gasteiger partial charge in [0.05, 0.1) is 34.7 Å². The normalized spacial score (nSPS) is 17.3. The topological polar surface area (TPSA) is 79.3 Å². The zero-order valence-electron chi connectivity index (χ0n) is 18.2. The molecule has 1 aliphatic carbocycles. The molecule has 32 heavy (non-hydrogen) atoms. The van der Waals surface area contributed by atoms with Crippen LogP contribution in [0.5, 0.6) is 0 Å². The summed E-state index contributed by atoms with van der Waals surface area (Å²) in [5, 5.41) is 11.7. The Hall–Kier alpha value is -2.09. The minimum absolute atomic E-state index is 0.0664. The molecule has 2 aliphatic rings. The van der Waals surface area contributed by atoms with Crippen molar-refractivity contribution in [3.63, 3.8) is 0 Å². The van der Waals surface area contributed by atoms with Crippen molar-refractivity contribution in [2.75, 3.05) is 26.2 Å². The zero-order chi connectivity index (χ0) is 22.7. The van der Waals surface area contributed by atoms with Crippen molar-refractivity contribution in [2.45, 2.75) is 51.0 Å². The van der Waals surface area contributed by atoms with Crippen molar-refractivity contribution in [1.82, 2.24) is 25.3 Å². The lowest BCUT2D eigenvalue weighted by molar-refractivity contribution is -0.122. The zero-order valence-corrected chi connectivity index (χ0v) is 19.8. The van der Waals surface area contributed by atoms with Gasteiger partial charge in [0.15, 0.2) is 0 Å². The highest BCUT2D eigenvalue weighted by molar-refractivity contribution is 6.35. The van der Waals surface area contributed by atoms with Gasteiger partial charge in [0.25, 0.3) is 5.91 Å². The molecule has 7 nitrogen and oxygen atoms in total.